The number of benzene rings is 4. The molecule has 0 spiro atoms. The van der Waals surface area contributed by atoms with Crippen LogP contribution in [0.3, 0.4) is 0 Å². The summed E-state index contributed by atoms with van der Waals surface area (Å²) < 4.78 is 131. The number of rotatable bonds is 15. The van der Waals surface area contributed by atoms with Crippen LogP contribution in [0.15, 0.2) is 95.8 Å². The lowest BCUT2D eigenvalue weighted by molar-refractivity contribution is -0.202. The Labute approximate surface area is 325 Å². The lowest BCUT2D eigenvalue weighted by Gasteiger charge is -2.12. The van der Waals surface area contributed by atoms with Crippen LogP contribution in [0.2, 0.25) is 0 Å². The smallest absolute Gasteiger partial charge is 0.424 e. The molecule has 58 heavy (non-hydrogen) atoms. The second kappa shape index (κ2) is 16.0. The largest absolute Gasteiger partial charge is 0.506 e. The van der Waals surface area contributed by atoms with Crippen LogP contribution in [0.5, 0.6) is 23.1 Å². The molecule has 5 aromatic rings. The molecular weight excluding hydrogens is 865 g/mol. The quantitative estimate of drug-likeness (QED) is 0.0259. The molecule has 0 saturated heterocycles. The Morgan fingerprint density at radius 2 is 1.43 bits per heavy atom. The van der Waals surface area contributed by atoms with E-state index in [4.69, 9.17) is 9.29 Å². The van der Waals surface area contributed by atoms with Crippen LogP contribution in [0.1, 0.15) is 10.5 Å². The number of aromatic carboxylic acids is 1. The van der Waals surface area contributed by atoms with E-state index in [-0.39, 0.29) is 22.1 Å². The molecule has 25 nitrogen and oxygen atoms in total. The minimum Gasteiger partial charge on any atom is -0.506 e. The van der Waals surface area contributed by atoms with Gasteiger partial charge < -0.3 is 25.2 Å². The van der Waals surface area contributed by atoms with Crippen LogP contribution in [-0.4, -0.2) is 103 Å². The van der Waals surface area contributed by atoms with Gasteiger partial charge in [-0.15, -0.1) is 15.3 Å². The maximum Gasteiger partial charge on any atom is 0.424 e. The van der Waals surface area contributed by atoms with Crippen molar-refractivity contribution < 1.29 is 86.5 Å². The third-order valence-corrected chi connectivity index (χ3v) is 11.1. The summed E-state index contributed by atoms with van der Waals surface area (Å²) in [6.07, 6.45) is 0. The Balaban J connectivity index is 1.52. The van der Waals surface area contributed by atoms with E-state index in [2.05, 4.69) is 34.8 Å². The number of fused-ring (bicyclic) bond motifs is 1. The number of hydrogen-bond donors (Lipinski definition) is 7. The molecule has 7 N–H and O–H groups in total. The molecule has 0 radical (unpaired) electrons. The molecule has 308 valence electrons. The SMILES string of the molecule is COc1cc(/N=N/c2c(S(=O)(=O)O)cc3ccc(/N=N/c4c(C(=O)O)nn(-c5ccc(S(=O)(=O)O)cc5)c4O)cc3c2O)c(O)cc1S(=O)(=O)CCOOS(=O)(=O)O. The number of nitrogens with zero attached hydrogens (tertiary/aromatic N) is 6. The normalized spacial score (nSPS) is 12.8. The van der Waals surface area contributed by atoms with Crippen molar-refractivity contribution in [3.63, 3.8) is 0 Å². The minimum atomic E-state index is -5.16. The number of azo groups is 2. The fourth-order valence-electron chi connectivity index (χ4n) is 4.84. The van der Waals surface area contributed by atoms with Crippen LogP contribution < -0.4 is 4.74 Å². The molecule has 1 heterocycles. The molecule has 0 fully saturated rings. The number of ether oxygens (including phenoxy) is 1. The Morgan fingerprint density at radius 3 is 2.02 bits per heavy atom. The third-order valence-electron chi connectivity index (χ3n) is 7.42. The van der Waals surface area contributed by atoms with Crippen molar-refractivity contribution in [3.8, 4) is 28.8 Å². The molecule has 0 bridgehead atoms. The van der Waals surface area contributed by atoms with E-state index in [0.717, 1.165) is 49.6 Å². The average molecular weight is 889 g/mol. The molecule has 0 aliphatic heterocycles. The molecule has 4 aromatic carbocycles. The number of carboxylic acid groups (broad SMARTS) is 1. The molecule has 29 heteroatoms. The van der Waals surface area contributed by atoms with Crippen LogP contribution in [-0.2, 0) is 49.7 Å². The first-order chi connectivity index (χ1) is 26.9. The number of aromatic nitrogens is 2. The van der Waals surface area contributed by atoms with Gasteiger partial charge in [0.1, 0.15) is 32.7 Å². The van der Waals surface area contributed by atoms with Gasteiger partial charge in [0.25, 0.3) is 20.2 Å². The topological polar surface area (TPSA) is 390 Å². The lowest BCUT2D eigenvalue weighted by Crippen LogP contribution is -2.15. The van der Waals surface area contributed by atoms with E-state index in [9.17, 15) is 68.0 Å². The van der Waals surface area contributed by atoms with E-state index in [1.54, 1.807) is 0 Å². The van der Waals surface area contributed by atoms with E-state index < -0.39 is 119 Å². The zero-order valence-electron chi connectivity index (χ0n) is 28.5. The van der Waals surface area contributed by atoms with Gasteiger partial charge in [-0.25, -0.2) is 18.1 Å². The molecule has 0 aliphatic carbocycles. The Bertz CT molecular complexity index is 2990. The van der Waals surface area contributed by atoms with Gasteiger partial charge in [-0.1, -0.05) is 10.4 Å². The van der Waals surface area contributed by atoms with E-state index in [0.29, 0.717) is 10.7 Å². The molecule has 5 rings (SSSR count). The fraction of sp³-hybridized carbons (Fsp3) is 0.103. The van der Waals surface area contributed by atoms with Gasteiger partial charge in [-0.3, -0.25) is 13.7 Å². The van der Waals surface area contributed by atoms with Crippen molar-refractivity contribution in [3.05, 3.63) is 66.4 Å². The van der Waals surface area contributed by atoms with Crippen molar-refractivity contribution in [2.75, 3.05) is 19.5 Å². The van der Waals surface area contributed by atoms with Crippen molar-refractivity contribution in [2.24, 2.45) is 20.5 Å². The number of hydrogen-bond acceptors (Lipinski definition) is 20. The molecule has 0 atom stereocenters. The predicted octanol–water partition coefficient (Wildman–Crippen LogP) is 3.70. The molecule has 0 aliphatic rings. The summed E-state index contributed by atoms with van der Waals surface area (Å²) in [5.41, 5.74) is -3.16. The predicted molar refractivity (Wildman–Crippen MR) is 191 cm³/mol. The highest BCUT2D eigenvalue weighted by atomic mass is 32.3. The van der Waals surface area contributed by atoms with Gasteiger partial charge in [0.2, 0.25) is 11.6 Å². The Kier molecular flexibility index (Phi) is 11.8. The average Bonchev–Trinajstić information content (AvgIpc) is 3.47. The molecular formula is C29H24N6O19S4. The monoisotopic (exact) mass is 888 g/mol. The minimum absolute atomic E-state index is 0.0386. The molecule has 0 unspecified atom stereocenters. The van der Waals surface area contributed by atoms with Crippen molar-refractivity contribution in [2.45, 2.75) is 14.7 Å². The highest BCUT2D eigenvalue weighted by Crippen LogP contribution is 2.44. The Hall–Kier alpha value is -6.18. The summed E-state index contributed by atoms with van der Waals surface area (Å²) in [6.45, 7) is -0.911. The van der Waals surface area contributed by atoms with E-state index in [1.807, 2.05) is 0 Å². The fourth-order valence-corrected chi connectivity index (χ4v) is 7.42. The van der Waals surface area contributed by atoms with Crippen molar-refractivity contribution in [1.82, 2.24) is 9.78 Å². The number of carboxylic acids is 1. The maximum absolute atomic E-state index is 12.8. The molecule has 1 aromatic heterocycles. The number of carbonyl (C=O) groups is 1. The number of methoxy groups -OCH3 is 1. The second-order valence-corrected chi connectivity index (χ2v) is 17.1. The van der Waals surface area contributed by atoms with Crippen molar-refractivity contribution >= 4 is 80.0 Å². The van der Waals surface area contributed by atoms with E-state index >= 15 is 0 Å². The zero-order chi connectivity index (χ0) is 43.0. The first-order valence-electron chi connectivity index (χ1n) is 15.1. The van der Waals surface area contributed by atoms with Crippen molar-refractivity contribution in [1.29, 1.82) is 0 Å². The first-order valence-corrected chi connectivity index (χ1v) is 21.0. The van der Waals surface area contributed by atoms with Crippen LogP contribution in [0.4, 0.5) is 22.7 Å². The first kappa shape index (κ1) is 43.0. The Morgan fingerprint density at radius 1 is 0.776 bits per heavy atom. The third kappa shape index (κ3) is 9.50. The summed E-state index contributed by atoms with van der Waals surface area (Å²) in [5.74, 6) is -5.79. The summed E-state index contributed by atoms with van der Waals surface area (Å²) >= 11 is 0. The molecule has 0 saturated carbocycles. The second-order valence-electron chi connectivity index (χ2n) is 11.2. The summed E-state index contributed by atoms with van der Waals surface area (Å²) in [5, 5.41) is 60.7. The van der Waals surface area contributed by atoms with Gasteiger partial charge in [0.05, 0.1) is 35.7 Å². The summed E-state index contributed by atoms with van der Waals surface area (Å²) in [4.78, 5) is 13.9. The number of sulfone groups is 1. The van der Waals surface area contributed by atoms with Gasteiger partial charge in [0.15, 0.2) is 21.3 Å². The van der Waals surface area contributed by atoms with Gasteiger partial charge in [-0.05, 0) is 47.9 Å². The van der Waals surface area contributed by atoms with Crippen LogP contribution in [0, 0.1) is 0 Å². The number of phenols is 2. The van der Waals surface area contributed by atoms with E-state index in [1.165, 1.54) is 12.1 Å². The summed E-state index contributed by atoms with van der Waals surface area (Å²) in [6, 6.07) is 9.96. The number of phenolic OH excluding ortho intramolecular Hbond substituents is 2. The standard InChI is InChI=1S/C29H24N6O19S4/c1-52-21-12-19(20(36)13-22(21)55(41,42)9-8-53-54-58(49,50)51)31-32-24-23(57(46,47)48)10-14-2-3-15(11-18(14)27(24)37)30-33-25-26(29(39)40)34-35(28(25)38)16-4-6-17(7-5-16)56(43,44)45/h2-7,10-13,36-38H,8-9H2,1H3,(H,39,40)(H,43,44,45)(H,46,47,48)(H,49,50,51)/b32-31+,33-30+. The van der Waals surface area contributed by atoms with Gasteiger partial charge in [-0.2, -0.15) is 40.1 Å². The van der Waals surface area contributed by atoms with Gasteiger partial charge in [0, 0.05) is 17.5 Å². The lowest BCUT2D eigenvalue weighted by atomic mass is 10.1. The highest BCUT2D eigenvalue weighted by molar-refractivity contribution is 7.91. The highest BCUT2D eigenvalue weighted by Gasteiger charge is 2.27. The van der Waals surface area contributed by atoms with Crippen LogP contribution >= 0.6 is 0 Å². The summed E-state index contributed by atoms with van der Waals surface area (Å²) in [7, 11) is -18.2. The number of aromatic hydroxyl groups is 3. The maximum atomic E-state index is 12.8. The van der Waals surface area contributed by atoms with Gasteiger partial charge >= 0.3 is 16.4 Å². The molecule has 0 amide bonds. The van der Waals surface area contributed by atoms with Crippen LogP contribution in [0.25, 0.3) is 16.5 Å². The zero-order valence-corrected chi connectivity index (χ0v) is 31.8.